The number of nitrogens with zero attached hydrogens (tertiary/aromatic N) is 2. The van der Waals surface area contributed by atoms with Gasteiger partial charge >= 0.3 is 0 Å². The van der Waals surface area contributed by atoms with Crippen LogP contribution in [0.4, 0.5) is 0 Å². The minimum atomic E-state index is -3.91. The Morgan fingerprint density at radius 3 is 2.53 bits per heavy atom. The maximum Gasteiger partial charge on any atom is 0.241 e. The lowest BCUT2D eigenvalue weighted by atomic mass is 10.1. The van der Waals surface area contributed by atoms with Gasteiger partial charge in [0.2, 0.25) is 15.9 Å². The Kier molecular flexibility index (Phi) is 6.71. The molecule has 0 aliphatic carbocycles. The number of fused-ring (bicyclic) bond motifs is 1. The van der Waals surface area contributed by atoms with Gasteiger partial charge in [-0.15, -0.1) is 0 Å². The Morgan fingerprint density at radius 1 is 1.09 bits per heavy atom. The van der Waals surface area contributed by atoms with E-state index in [9.17, 15) is 13.2 Å². The van der Waals surface area contributed by atoms with Crippen LogP contribution < -0.4 is 20.0 Å². The zero-order valence-corrected chi connectivity index (χ0v) is 19.7. The van der Waals surface area contributed by atoms with Crippen molar-refractivity contribution in [1.29, 1.82) is 0 Å². The van der Waals surface area contributed by atoms with Crippen LogP contribution in [0.5, 0.6) is 11.5 Å². The lowest BCUT2D eigenvalue weighted by Crippen LogP contribution is -2.41. The maximum absolute atomic E-state index is 13.1. The van der Waals surface area contributed by atoms with E-state index in [2.05, 4.69) is 9.82 Å². The van der Waals surface area contributed by atoms with E-state index in [1.807, 2.05) is 24.3 Å². The number of nitrogens with two attached hydrogens (primary N) is 1. The molecule has 1 amide bonds. The third-order valence-corrected chi connectivity index (χ3v) is 7.24. The highest BCUT2D eigenvalue weighted by molar-refractivity contribution is 7.89. The second kappa shape index (κ2) is 9.70. The summed E-state index contributed by atoms with van der Waals surface area (Å²) in [4.78, 5) is 14.6. The fraction of sp³-hybridized carbons (Fsp3) is 0.250. The van der Waals surface area contributed by atoms with Crippen LogP contribution in [0, 0.1) is 0 Å². The zero-order valence-electron chi connectivity index (χ0n) is 18.9. The predicted octanol–water partition coefficient (Wildman–Crippen LogP) is 2.23. The van der Waals surface area contributed by atoms with E-state index in [0.29, 0.717) is 36.4 Å². The van der Waals surface area contributed by atoms with Crippen molar-refractivity contribution >= 4 is 32.9 Å². The van der Waals surface area contributed by atoms with Gasteiger partial charge in [-0.3, -0.25) is 4.79 Å². The van der Waals surface area contributed by atoms with E-state index < -0.39 is 16.1 Å². The molecule has 1 saturated heterocycles. The van der Waals surface area contributed by atoms with Crippen LogP contribution in [0.1, 0.15) is 17.5 Å². The first-order valence-corrected chi connectivity index (χ1v) is 12.1. The van der Waals surface area contributed by atoms with Crippen LogP contribution >= 0.6 is 0 Å². The highest BCUT2D eigenvalue weighted by atomic mass is 32.2. The van der Waals surface area contributed by atoms with Crippen molar-refractivity contribution in [1.82, 2.24) is 9.62 Å². The fourth-order valence-electron chi connectivity index (χ4n) is 4.06. The maximum atomic E-state index is 13.1. The van der Waals surface area contributed by atoms with Crippen molar-refractivity contribution in [2.75, 3.05) is 20.8 Å². The van der Waals surface area contributed by atoms with Crippen LogP contribution in [-0.4, -0.2) is 52.2 Å². The number of rotatable bonds is 8. The van der Waals surface area contributed by atoms with Crippen molar-refractivity contribution in [3.8, 4) is 11.5 Å². The summed E-state index contributed by atoms with van der Waals surface area (Å²) in [6, 6.07) is 15.0. The average molecular weight is 483 g/mol. The molecule has 0 aromatic heterocycles. The topological polar surface area (TPSA) is 123 Å². The van der Waals surface area contributed by atoms with Crippen LogP contribution in [0.2, 0.25) is 0 Å². The van der Waals surface area contributed by atoms with Crippen molar-refractivity contribution < 1.29 is 22.7 Å². The molecule has 1 aliphatic heterocycles. The van der Waals surface area contributed by atoms with Crippen LogP contribution in [0.25, 0.3) is 10.8 Å². The summed E-state index contributed by atoms with van der Waals surface area (Å²) in [5.74, 6) is 6.01. The first-order chi connectivity index (χ1) is 16.3. The molecule has 1 aliphatic rings. The lowest BCUT2D eigenvalue weighted by molar-refractivity contribution is -0.129. The van der Waals surface area contributed by atoms with Gasteiger partial charge in [-0.05, 0) is 58.7 Å². The lowest BCUT2D eigenvalue weighted by Gasteiger charge is -2.18. The number of amides is 1. The standard InChI is InChI=1S/C24H26N4O5S/c1-32-22-12-18-6-7-20(11-19(18)13-23(22)33-2)34(30,31)27-21-8-9-28(24(21)29)15-17-5-3-4-16(10-17)14-26-25/h3-7,10-14,21,27H,8-9,15,25H2,1-2H3/t21-/m0/s1. The number of hydrogen-bond donors (Lipinski definition) is 2. The van der Waals surface area contributed by atoms with E-state index in [1.165, 1.54) is 19.4 Å². The summed E-state index contributed by atoms with van der Waals surface area (Å²) in [6.07, 6.45) is 1.92. The largest absolute Gasteiger partial charge is 0.493 e. The number of carbonyl (C=O) groups is 1. The molecule has 10 heteroatoms. The van der Waals surface area contributed by atoms with E-state index in [1.54, 1.807) is 36.3 Å². The molecule has 0 spiro atoms. The van der Waals surface area contributed by atoms with Gasteiger partial charge in [-0.1, -0.05) is 24.3 Å². The third kappa shape index (κ3) is 4.82. The molecule has 1 atom stereocenters. The Morgan fingerprint density at radius 2 is 1.82 bits per heavy atom. The summed E-state index contributed by atoms with van der Waals surface area (Å²) in [6.45, 7) is 0.830. The number of hydrazone groups is 1. The van der Waals surface area contributed by atoms with E-state index in [4.69, 9.17) is 15.3 Å². The molecule has 0 radical (unpaired) electrons. The molecular formula is C24H26N4O5S. The predicted molar refractivity (Wildman–Crippen MR) is 129 cm³/mol. The molecule has 178 valence electrons. The minimum Gasteiger partial charge on any atom is -0.493 e. The SMILES string of the molecule is COc1cc2ccc(S(=O)(=O)N[C@H]3CCN(Cc4cccc(C=NN)c4)C3=O)cc2cc1OC. The molecule has 1 fully saturated rings. The first kappa shape index (κ1) is 23.5. The number of nitrogens with one attached hydrogen (secondary N) is 1. The summed E-state index contributed by atoms with van der Waals surface area (Å²) in [7, 11) is -0.854. The molecule has 4 rings (SSSR count). The minimum absolute atomic E-state index is 0.0762. The fourth-order valence-corrected chi connectivity index (χ4v) is 5.32. The molecule has 9 nitrogen and oxygen atoms in total. The van der Waals surface area contributed by atoms with Crippen LogP contribution in [-0.2, 0) is 21.4 Å². The second-order valence-corrected chi connectivity index (χ2v) is 9.68. The molecule has 34 heavy (non-hydrogen) atoms. The van der Waals surface area contributed by atoms with Gasteiger partial charge in [0.05, 0.1) is 25.3 Å². The Balaban J connectivity index is 1.50. The van der Waals surface area contributed by atoms with Gasteiger partial charge in [0, 0.05) is 13.1 Å². The number of benzene rings is 3. The van der Waals surface area contributed by atoms with Crippen molar-refractivity contribution in [3.63, 3.8) is 0 Å². The van der Waals surface area contributed by atoms with Gasteiger partial charge in [0.25, 0.3) is 0 Å². The molecule has 3 N–H and O–H groups in total. The number of methoxy groups -OCH3 is 2. The number of ether oxygens (including phenoxy) is 2. The monoisotopic (exact) mass is 482 g/mol. The number of hydrogen-bond acceptors (Lipinski definition) is 7. The molecular weight excluding hydrogens is 456 g/mol. The molecule has 1 heterocycles. The van der Waals surface area contributed by atoms with Gasteiger partial charge in [-0.25, -0.2) is 8.42 Å². The summed E-state index contributed by atoms with van der Waals surface area (Å²) >= 11 is 0. The van der Waals surface area contributed by atoms with Crippen molar-refractivity contribution in [3.05, 3.63) is 65.7 Å². The highest BCUT2D eigenvalue weighted by Gasteiger charge is 2.35. The molecule has 0 unspecified atom stereocenters. The quantitative estimate of drug-likeness (QED) is 0.288. The van der Waals surface area contributed by atoms with E-state index in [0.717, 1.165) is 16.5 Å². The molecule has 0 saturated carbocycles. The van der Waals surface area contributed by atoms with Crippen molar-refractivity contribution in [2.45, 2.75) is 23.9 Å². The molecule has 0 bridgehead atoms. The Bertz CT molecular complexity index is 1360. The van der Waals surface area contributed by atoms with Gasteiger partial charge in [0.15, 0.2) is 11.5 Å². The summed E-state index contributed by atoms with van der Waals surface area (Å²) in [5, 5.41) is 5.01. The van der Waals surface area contributed by atoms with Gasteiger partial charge in [-0.2, -0.15) is 9.82 Å². The molecule has 3 aromatic carbocycles. The van der Waals surface area contributed by atoms with Gasteiger partial charge < -0.3 is 20.2 Å². The number of likely N-dealkylation sites (tertiary alicyclic amines) is 1. The van der Waals surface area contributed by atoms with E-state index >= 15 is 0 Å². The second-order valence-electron chi connectivity index (χ2n) is 7.96. The van der Waals surface area contributed by atoms with Crippen LogP contribution in [0.15, 0.2) is 64.6 Å². The Hall–Kier alpha value is -3.63. The number of sulfonamides is 1. The normalized spacial score (nSPS) is 16.5. The average Bonchev–Trinajstić information content (AvgIpc) is 3.16. The van der Waals surface area contributed by atoms with Gasteiger partial charge in [0.1, 0.15) is 6.04 Å². The third-order valence-electron chi connectivity index (χ3n) is 5.77. The summed E-state index contributed by atoms with van der Waals surface area (Å²) in [5.41, 5.74) is 1.74. The Labute approximate surface area is 198 Å². The molecule has 3 aromatic rings. The van der Waals surface area contributed by atoms with Crippen LogP contribution in [0.3, 0.4) is 0 Å². The summed E-state index contributed by atoms with van der Waals surface area (Å²) < 4.78 is 39.3. The highest BCUT2D eigenvalue weighted by Crippen LogP contribution is 2.33. The first-order valence-electron chi connectivity index (χ1n) is 10.6. The number of carbonyl (C=O) groups excluding carboxylic acids is 1. The van der Waals surface area contributed by atoms with Crippen molar-refractivity contribution in [2.24, 2.45) is 10.9 Å². The smallest absolute Gasteiger partial charge is 0.241 e. The van der Waals surface area contributed by atoms with E-state index in [-0.39, 0.29) is 10.8 Å². The zero-order chi connectivity index (χ0) is 24.3.